The second-order valence-corrected chi connectivity index (χ2v) is 10.9. The van der Waals surface area contributed by atoms with Crippen LogP contribution in [0.25, 0.3) is 0 Å². The molecule has 4 nitrogen and oxygen atoms in total. The lowest BCUT2D eigenvalue weighted by molar-refractivity contribution is -0.123. The van der Waals surface area contributed by atoms with Gasteiger partial charge in [-0.25, -0.2) is 0 Å². The Morgan fingerprint density at radius 3 is 1.50 bits per heavy atom. The number of rotatable bonds is 28. The van der Waals surface area contributed by atoms with Crippen molar-refractivity contribution < 1.29 is 15.0 Å². The highest BCUT2D eigenvalue weighted by Crippen LogP contribution is 2.13. The van der Waals surface area contributed by atoms with Crippen LogP contribution in [-0.4, -0.2) is 34.9 Å². The first kappa shape index (κ1) is 36.6. The Kier molecular flexibility index (Phi) is 29.1. The molecule has 0 radical (unpaired) electrons. The minimum Gasteiger partial charge on any atom is -0.394 e. The van der Waals surface area contributed by atoms with E-state index < -0.39 is 12.1 Å². The number of aliphatic hydroxyl groups excluding tert-OH is 2. The van der Waals surface area contributed by atoms with Gasteiger partial charge in [-0.05, 0) is 38.5 Å². The van der Waals surface area contributed by atoms with E-state index in [4.69, 9.17) is 0 Å². The van der Waals surface area contributed by atoms with Gasteiger partial charge in [-0.1, -0.05) is 147 Å². The van der Waals surface area contributed by atoms with Crippen LogP contribution in [-0.2, 0) is 4.79 Å². The van der Waals surface area contributed by atoms with E-state index >= 15 is 0 Å². The Morgan fingerprint density at radius 1 is 0.605 bits per heavy atom. The van der Waals surface area contributed by atoms with Crippen molar-refractivity contribution in [2.45, 2.75) is 167 Å². The molecule has 0 bridgehead atoms. The highest BCUT2D eigenvalue weighted by molar-refractivity contribution is 5.76. The summed E-state index contributed by atoms with van der Waals surface area (Å²) < 4.78 is 0. The van der Waals surface area contributed by atoms with E-state index in [-0.39, 0.29) is 12.5 Å². The maximum atomic E-state index is 12.2. The van der Waals surface area contributed by atoms with Gasteiger partial charge in [-0.15, -0.1) is 0 Å². The third kappa shape index (κ3) is 26.2. The molecule has 0 spiro atoms. The molecule has 0 aliphatic rings. The van der Waals surface area contributed by atoms with Gasteiger partial charge in [0.25, 0.3) is 0 Å². The lowest BCUT2D eigenvalue weighted by Gasteiger charge is -2.19. The average Bonchev–Trinajstić information content (AvgIpc) is 2.92. The second-order valence-electron chi connectivity index (χ2n) is 10.9. The van der Waals surface area contributed by atoms with Crippen LogP contribution in [0.4, 0.5) is 0 Å². The molecule has 38 heavy (non-hydrogen) atoms. The molecule has 0 aromatic rings. The summed E-state index contributed by atoms with van der Waals surface area (Å²) in [5.74, 6) is -0.0814. The number of aliphatic hydroxyl groups is 2. The van der Waals surface area contributed by atoms with Gasteiger partial charge in [0.2, 0.25) is 5.91 Å². The molecule has 222 valence electrons. The van der Waals surface area contributed by atoms with Crippen LogP contribution in [0.5, 0.6) is 0 Å². The van der Waals surface area contributed by atoms with Gasteiger partial charge in [0.1, 0.15) is 0 Å². The van der Waals surface area contributed by atoms with Gasteiger partial charge in [-0.3, -0.25) is 4.79 Å². The maximum Gasteiger partial charge on any atom is 0.220 e. The van der Waals surface area contributed by atoms with Gasteiger partial charge < -0.3 is 15.5 Å². The number of carbonyl (C=O) groups excluding carboxylic acids is 1. The lowest BCUT2D eigenvalue weighted by Crippen LogP contribution is -2.45. The van der Waals surface area contributed by atoms with Gasteiger partial charge >= 0.3 is 0 Å². The monoisotopic (exact) mass is 533 g/mol. The molecule has 0 aromatic carbocycles. The molecular weight excluding hydrogens is 470 g/mol. The van der Waals surface area contributed by atoms with Crippen LogP contribution >= 0.6 is 0 Å². The first-order chi connectivity index (χ1) is 18.7. The molecule has 0 rings (SSSR count). The molecule has 0 aromatic heterocycles. The Bertz CT molecular complexity index is 584. The van der Waals surface area contributed by atoms with Crippen molar-refractivity contribution in [2.75, 3.05) is 6.61 Å². The standard InChI is InChI=1S/C34H63NO3/c1-3-5-7-9-11-13-15-17-18-20-22-24-26-28-30-34(38)35-32(31-36)33(37)29-27-25-23-21-19-16-14-12-10-8-6-4-2/h10,12,19,21,27,29,32-33,36-37H,3-9,11,13-18,20,22-26,28,30-31H2,1-2H3,(H,35,38)/b12-10+,21-19+,29-27+. The van der Waals surface area contributed by atoms with Gasteiger partial charge in [-0.2, -0.15) is 0 Å². The number of carbonyl (C=O) groups is 1. The topological polar surface area (TPSA) is 69.6 Å². The summed E-state index contributed by atoms with van der Waals surface area (Å²) in [6, 6.07) is -0.638. The summed E-state index contributed by atoms with van der Waals surface area (Å²) in [6.45, 7) is 4.22. The first-order valence-electron chi connectivity index (χ1n) is 16.2. The van der Waals surface area contributed by atoms with Crippen LogP contribution in [0.15, 0.2) is 36.5 Å². The molecule has 0 heterocycles. The summed E-state index contributed by atoms with van der Waals surface area (Å²) in [5.41, 5.74) is 0. The van der Waals surface area contributed by atoms with Gasteiger partial charge in [0, 0.05) is 6.42 Å². The van der Waals surface area contributed by atoms with Crippen molar-refractivity contribution >= 4 is 5.91 Å². The molecule has 0 fully saturated rings. The quantitative estimate of drug-likeness (QED) is 0.0693. The van der Waals surface area contributed by atoms with Crippen molar-refractivity contribution in [3.63, 3.8) is 0 Å². The predicted octanol–water partition coefficient (Wildman–Crippen LogP) is 9.12. The number of unbranched alkanes of at least 4 members (excludes halogenated alkanes) is 17. The van der Waals surface area contributed by atoms with E-state index in [0.717, 1.165) is 38.5 Å². The number of allylic oxidation sites excluding steroid dienone is 5. The maximum absolute atomic E-state index is 12.2. The second kappa shape index (κ2) is 30.2. The Hall–Kier alpha value is -1.39. The third-order valence-electron chi connectivity index (χ3n) is 7.10. The minimum absolute atomic E-state index is 0.0814. The van der Waals surface area contributed by atoms with Crippen LogP contribution in [0.2, 0.25) is 0 Å². The summed E-state index contributed by atoms with van der Waals surface area (Å²) in [6.07, 6.45) is 37.9. The van der Waals surface area contributed by atoms with Crippen LogP contribution in [0.1, 0.15) is 155 Å². The van der Waals surface area contributed by atoms with Crippen LogP contribution in [0.3, 0.4) is 0 Å². The normalized spacial score (nSPS) is 13.7. The summed E-state index contributed by atoms with van der Waals surface area (Å²) in [7, 11) is 0. The number of amides is 1. The summed E-state index contributed by atoms with van der Waals surface area (Å²) in [5, 5.41) is 22.7. The molecule has 0 saturated heterocycles. The van der Waals surface area contributed by atoms with Gasteiger partial charge in [0.05, 0.1) is 18.8 Å². The molecule has 1 amide bonds. The zero-order chi connectivity index (χ0) is 27.9. The highest BCUT2D eigenvalue weighted by Gasteiger charge is 2.17. The van der Waals surface area contributed by atoms with Crippen molar-refractivity contribution in [3.05, 3.63) is 36.5 Å². The molecular formula is C34H63NO3. The third-order valence-corrected chi connectivity index (χ3v) is 7.10. The largest absolute Gasteiger partial charge is 0.394 e. The number of hydrogen-bond acceptors (Lipinski definition) is 3. The minimum atomic E-state index is -0.863. The summed E-state index contributed by atoms with van der Waals surface area (Å²) in [4.78, 5) is 12.2. The van der Waals surface area contributed by atoms with E-state index in [0.29, 0.717) is 6.42 Å². The fourth-order valence-electron chi connectivity index (χ4n) is 4.55. The molecule has 2 unspecified atom stereocenters. The van der Waals surface area contributed by atoms with Crippen LogP contribution < -0.4 is 5.32 Å². The zero-order valence-electron chi connectivity index (χ0n) is 25.2. The Morgan fingerprint density at radius 2 is 1.03 bits per heavy atom. The van der Waals surface area contributed by atoms with E-state index in [9.17, 15) is 15.0 Å². The van der Waals surface area contributed by atoms with Crippen molar-refractivity contribution in [1.82, 2.24) is 5.32 Å². The fraction of sp³-hybridized carbons (Fsp3) is 0.794. The van der Waals surface area contributed by atoms with Crippen molar-refractivity contribution in [3.8, 4) is 0 Å². The average molecular weight is 534 g/mol. The number of hydrogen-bond donors (Lipinski definition) is 3. The Balaban J connectivity index is 3.72. The van der Waals surface area contributed by atoms with E-state index in [1.54, 1.807) is 6.08 Å². The Labute approximate surface area is 236 Å². The SMILES string of the molecule is CCCC/C=C/CC/C=C/CC/C=C/C(O)C(CO)NC(=O)CCCCCCCCCCCCCCCC. The fourth-order valence-corrected chi connectivity index (χ4v) is 4.55. The molecule has 0 saturated carbocycles. The first-order valence-corrected chi connectivity index (χ1v) is 16.2. The molecule has 2 atom stereocenters. The van der Waals surface area contributed by atoms with Gasteiger partial charge in [0.15, 0.2) is 0 Å². The molecule has 0 aliphatic carbocycles. The van der Waals surface area contributed by atoms with Crippen molar-refractivity contribution in [2.24, 2.45) is 0 Å². The van der Waals surface area contributed by atoms with E-state index in [1.165, 1.54) is 96.3 Å². The highest BCUT2D eigenvalue weighted by atomic mass is 16.3. The van der Waals surface area contributed by atoms with E-state index in [2.05, 4.69) is 43.5 Å². The summed E-state index contributed by atoms with van der Waals surface area (Å²) >= 11 is 0. The molecule has 4 heteroatoms. The van der Waals surface area contributed by atoms with Crippen LogP contribution in [0, 0.1) is 0 Å². The smallest absolute Gasteiger partial charge is 0.220 e. The lowest BCUT2D eigenvalue weighted by atomic mass is 10.0. The number of nitrogens with one attached hydrogen (secondary N) is 1. The van der Waals surface area contributed by atoms with Crippen molar-refractivity contribution in [1.29, 1.82) is 0 Å². The molecule has 0 aliphatic heterocycles. The zero-order valence-corrected chi connectivity index (χ0v) is 25.2. The van der Waals surface area contributed by atoms with E-state index in [1.807, 2.05) is 6.08 Å². The molecule has 3 N–H and O–H groups in total. The predicted molar refractivity (Wildman–Crippen MR) is 165 cm³/mol.